The fourth-order valence-corrected chi connectivity index (χ4v) is 6.66. The van der Waals surface area contributed by atoms with E-state index in [9.17, 15) is 4.79 Å². The number of halogens is 1. The van der Waals surface area contributed by atoms with Crippen LogP contribution in [0.2, 0.25) is 0 Å². The van der Waals surface area contributed by atoms with Crippen molar-refractivity contribution < 1.29 is 4.79 Å². The van der Waals surface area contributed by atoms with Gasteiger partial charge >= 0.3 is 0 Å². The minimum atomic E-state index is 0.0560. The Kier molecular flexibility index (Phi) is 10.3. The zero-order valence-electron chi connectivity index (χ0n) is 21.0. The van der Waals surface area contributed by atoms with Crippen LogP contribution >= 0.6 is 11.6 Å². The summed E-state index contributed by atoms with van der Waals surface area (Å²) in [4.78, 5) is 15.6. The van der Waals surface area contributed by atoms with Crippen molar-refractivity contribution in [2.45, 2.75) is 107 Å². The Morgan fingerprint density at radius 2 is 2.00 bits per heavy atom. The Morgan fingerprint density at radius 3 is 2.76 bits per heavy atom. The van der Waals surface area contributed by atoms with E-state index < -0.39 is 0 Å². The number of carbonyl (C=O) groups excluding carboxylic acids is 1. The fraction of sp³-hybridized carbons (Fsp3) is 0.958. The van der Waals surface area contributed by atoms with Crippen molar-refractivity contribution in [1.82, 2.24) is 42.3 Å². The number of nitrogens with zero attached hydrogens (tertiary/aromatic N) is 1. The Morgan fingerprint density at radius 1 is 1.12 bits per heavy atom. The monoisotopic (exact) mass is 498 g/mol. The molecular formula is C24H47ClN8O. The standard InChI is InChI=1S/C24H47ClN8O/c1-3-12-33-21(31-32-23(33)20-9-11-26-15-29-20)14-28-18-7-4-6-17(13-18)24(34)30-16(2)22-19(25)8-5-10-27-22/h16-23,26-29,31-32H,3-15H2,1-2H3,(H,30,34)/t16-,17?,18?,19?,20?,21?,22?,23?/m1/s1. The normalized spacial score (nSPS) is 38.5. The second kappa shape index (κ2) is 13.1. The average Bonchev–Trinajstić information content (AvgIpc) is 3.26. The summed E-state index contributed by atoms with van der Waals surface area (Å²) in [6, 6.07) is 1.04. The maximum atomic E-state index is 13.1. The van der Waals surface area contributed by atoms with Crippen LogP contribution in [0.25, 0.3) is 0 Å². The lowest BCUT2D eigenvalue weighted by atomic mass is 9.84. The third-order valence-corrected chi connectivity index (χ3v) is 8.61. The summed E-state index contributed by atoms with van der Waals surface area (Å²) in [5, 5.41) is 17.6. The Bertz CT molecular complexity index is 636. The minimum Gasteiger partial charge on any atom is -0.352 e. The number of carbonyl (C=O) groups is 1. The van der Waals surface area contributed by atoms with Gasteiger partial charge in [0.15, 0.2) is 0 Å². The molecule has 34 heavy (non-hydrogen) atoms. The van der Waals surface area contributed by atoms with Gasteiger partial charge in [0.1, 0.15) is 0 Å². The first-order valence-electron chi connectivity index (χ1n) is 13.7. The van der Waals surface area contributed by atoms with E-state index in [1.54, 1.807) is 0 Å². The molecule has 4 fully saturated rings. The topological polar surface area (TPSA) is 105 Å². The van der Waals surface area contributed by atoms with E-state index in [1.807, 2.05) is 0 Å². The molecule has 0 aromatic heterocycles. The van der Waals surface area contributed by atoms with Gasteiger partial charge in [-0.3, -0.25) is 15.0 Å². The molecule has 3 heterocycles. The van der Waals surface area contributed by atoms with Crippen molar-refractivity contribution >= 4 is 17.5 Å². The third kappa shape index (κ3) is 6.82. The number of hydrogen-bond donors (Lipinski definition) is 7. The van der Waals surface area contributed by atoms with Crippen LogP contribution in [0.4, 0.5) is 0 Å². The smallest absolute Gasteiger partial charge is 0.223 e. The molecule has 0 aromatic carbocycles. The molecule has 7 N–H and O–H groups in total. The molecule has 1 amide bonds. The van der Waals surface area contributed by atoms with Crippen LogP contribution in [0, 0.1) is 5.92 Å². The quantitative estimate of drug-likeness (QED) is 0.229. The molecule has 7 unspecified atom stereocenters. The first-order valence-corrected chi connectivity index (χ1v) is 14.1. The first kappa shape index (κ1) is 26.5. The van der Waals surface area contributed by atoms with Crippen LogP contribution in [0.5, 0.6) is 0 Å². The molecule has 0 radical (unpaired) electrons. The third-order valence-electron chi connectivity index (χ3n) is 8.12. The molecule has 0 aromatic rings. The molecule has 10 heteroatoms. The highest BCUT2D eigenvalue weighted by atomic mass is 35.5. The molecule has 3 saturated heterocycles. The number of piperidine rings is 1. The minimum absolute atomic E-state index is 0.0560. The van der Waals surface area contributed by atoms with Crippen LogP contribution in [0.3, 0.4) is 0 Å². The Balaban J connectivity index is 1.24. The number of nitrogens with one attached hydrogen (secondary N) is 7. The van der Waals surface area contributed by atoms with Gasteiger partial charge in [-0.25, -0.2) is 10.9 Å². The van der Waals surface area contributed by atoms with Crippen LogP contribution in [0.1, 0.15) is 65.2 Å². The maximum absolute atomic E-state index is 13.1. The molecule has 196 valence electrons. The van der Waals surface area contributed by atoms with Crippen molar-refractivity contribution in [3.8, 4) is 0 Å². The number of amides is 1. The maximum Gasteiger partial charge on any atom is 0.223 e. The van der Waals surface area contributed by atoms with Gasteiger partial charge in [0, 0.05) is 49.8 Å². The summed E-state index contributed by atoms with van der Waals surface area (Å²) in [6.07, 6.45) is 9.07. The largest absolute Gasteiger partial charge is 0.352 e. The fourth-order valence-electron chi connectivity index (χ4n) is 6.20. The van der Waals surface area contributed by atoms with E-state index in [2.05, 4.69) is 56.2 Å². The van der Waals surface area contributed by atoms with Crippen molar-refractivity contribution in [3.63, 3.8) is 0 Å². The number of alkyl halides is 1. The lowest BCUT2D eigenvalue weighted by Gasteiger charge is -2.37. The van der Waals surface area contributed by atoms with Gasteiger partial charge < -0.3 is 21.3 Å². The van der Waals surface area contributed by atoms with E-state index in [0.717, 1.165) is 84.2 Å². The van der Waals surface area contributed by atoms with Crippen LogP contribution < -0.4 is 37.4 Å². The molecule has 4 rings (SSSR count). The summed E-state index contributed by atoms with van der Waals surface area (Å²) >= 11 is 6.52. The van der Waals surface area contributed by atoms with Crippen LogP contribution in [-0.4, -0.2) is 85.5 Å². The molecule has 1 aliphatic carbocycles. The van der Waals surface area contributed by atoms with Gasteiger partial charge in [0.25, 0.3) is 0 Å². The summed E-state index contributed by atoms with van der Waals surface area (Å²) < 4.78 is 0. The van der Waals surface area contributed by atoms with E-state index in [0.29, 0.717) is 18.2 Å². The number of hydrogen-bond acceptors (Lipinski definition) is 8. The van der Waals surface area contributed by atoms with E-state index >= 15 is 0 Å². The van der Waals surface area contributed by atoms with E-state index in [-0.39, 0.29) is 35.5 Å². The summed E-state index contributed by atoms with van der Waals surface area (Å²) in [5.41, 5.74) is 7.08. The van der Waals surface area contributed by atoms with Gasteiger partial charge in [0.2, 0.25) is 5.91 Å². The van der Waals surface area contributed by atoms with Gasteiger partial charge in [-0.15, -0.1) is 11.6 Å². The highest BCUT2D eigenvalue weighted by Gasteiger charge is 2.38. The molecule has 1 saturated carbocycles. The SMILES string of the molecule is CCCN1C(CNC2CCCC(C(=O)N[C@H](C)C3NCCCC3Cl)C2)NNC1C1CCNCN1. The predicted octanol–water partition coefficient (Wildman–Crippen LogP) is 0.380. The Hall–Kier alpha value is -0.520. The highest BCUT2D eigenvalue weighted by molar-refractivity contribution is 6.21. The number of rotatable bonds is 9. The Labute approximate surface area is 210 Å². The van der Waals surface area contributed by atoms with Gasteiger partial charge in [-0.1, -0.05) is 13.3 Å². The lowest BCUT2D eigenvalue weighted by Crippen LogP contribution is -2.59. The molecule has 8 atom stereocenters. The molecule has 0 bridgehead atoms. The highest BCUT2D eigenvalue weighted by Crippen LogP contribution is 2.26. The number of hydrazine groups is 1. The van der Waals surface area contributed by atoms with Gasteiger partial charge in [-0.2, -0.15) is 0 Å². The van der Waals surface area contributed by atoms with Crippen molar-refractivity contribution in [2.24, 2.45) is 5.92 Å². The van der Waals surface area contributed by atoms with E-state index in [1.165, 1.54) is 0 Å². The van der Waals surface area contributed by atoms with Crippen molar-refractivity contribution in [2.75, 3.05) is 32.8 Å². The van der Waals surface area contributed by atoms with Gasteiger partial charge in [-0.05, 0) is 65.0 Å². The first-order chi connectivity index (χ1) is 16.6. The zero-order chi connectivity index (χ0) is 23.9. The molecule has 3 aliphatic heterocycles. The second-order valence-corrected chi connectivity index (χ2v) is 11.2. The summed E-state index contributed by atoms with van der Waals surface area (Å²) in [5.74, 6) is 0.278. The van der Waals surface area contributed by atoms with Crippen LogP contribution in [0.15, 0.2) is 0 Å². The van der Waals surface area contributed by atoms with Crippen LogP contribution in [-0.2, 0) is 4.79 Å². The predicted molar refractivity (Wildman–Crippen MR) is 137 cm³/mol. The average molecular weight is 499 g/mol. The van der Waals surface area contributed by atoms with E-state index in [4.69, 9.17) is 11.6 Å². The zero-order valence-corrected chi connectivity index (χ0v) is 21.8. The molecular weight excluding hydrogens is 452 g/mol. The second-order valence-electron chi connectivity index (χ2n) is 10.7. The van der Waals surface area contributed by atoms with Crippen molar-refractivity contribution in [1.29, 1.82) is 0 Å². The summed E-state index contributed by atoms with van der Waals surface area (Å²) in [6.45, 7) is 9.19. The summed E-state index contributed by atoms with van der Waals surface area (Å²) in [7, 11) is 0. The van der Waals surface area contributed by atoms with Gasteiger partial charge in [0.05, 0.1) is 17.7 Å². The lowest BCUT2D eigenvalue weighted by molar-refractivity contribution is -0.127. The molecule has 0 spiro atoms. The van der Waals surface area contributed by atoms with Crippen molar-refractivity contribution in [3.05, 3.63) is 0 Å². The molecule has 4 aliphatic rings. The molecule has 9 nitrogen and oxygen atoms in total.